The number of aromatic nitrogens is 2. The van der Waals surface area contributed by atoms with Gasteiger partial charge in [-0.2, -0.15) is 0 Å². The van der Waals surface area contributed by atoms with Crippen molar-refractivity contribution in [3.8, 4) is 11.3 Å². The van der Waals surface area contributed by atoms with Crippen LogP contribution in [0.2, 0.25) is 0 Å². The normalized spacial score (nSPS) is 17.0. The number of morpholine rings is 1. The minimum atomic E-state index is 0.454. The van der Waals surface area contributed by atoms with E-state index in [1.165, 1.54) is 0 Å². The third kappa shape index (κ3) is 4.06. The van der Waals surface area contributed by atoms with Gasteiger partial charge in [0.1, 0.15) is 5.82 Å². The first-order valence-corrected chi connectivity index (χ1v) is 8.19. The highest BCUT2D eigenvalue weighted by atomic mass is 16.5. The maximum atomic E-state index is 5.40. The Bertz CT molecular complexity index is 626. The van der Waals surface area contributed by atoms with Crippen molar-refractivity contribution in [3.63, 3.8) is 0 Å². The van der Waals surface area contributed by atoms with Gasteiger partial charge in [0, 0.05) is 31.2 Å². The quantitative estimate of drug-likeness (QED) is 0.919. The van der Waals surface area contributed by atoms with Crippen molar-refractivity contribution in [2.45, 2.75) is 19.9 Å². The predicted octanol–water partition coefficient (Wildman–Crippen LogP) is 2.58. The van der Waals surface area contributed by atoms with Crippen molar-refractivity contribution in [3.05, 3.63) is 42.0 Å². The molecule has 1 aliphatic heterocycles. The maximum Gasteiger partial charge on any atom is 0.149 e. The first-order chi connectivity index (χ1) is 11.2. The monoisotopic (exact) mass is 312 g/mol. The Morgan fingerprint density at radius 1 is 1.17 bits per heavy atom. The van der Waals surface area contributed by atoms with Crippen LogP contribution in [0.15, 0.2) is 36.4 Å². The average molecular weight is 312 g/mol. The molecule has 5 nitrogen and oxygen atoms in total. The molecule has 1 aliphatic rings. The molecule has 0 bridgehead atoms. The third-order valence-electron chi connectivity index (χ3n) is 4.28. The molecule has 1 aromatic carbocycles. The molecule has 1 aromatic heterocycles. The van der Waals surface area contributed by atoms with Gasteiger partial charge < -0.3 is 10.1 Å². The molecule has 1 unspecified atom stereocenters. The molecule has 5 heteroatoms. The van der Waals surface area contributed by atoms with Crippen LogP contribution < -0.4 is 5.32 Å². The molecule has 1 fully saturated rings. The van der Waals surface area contributed by atoms with Gasteiger partial charge >= 0.3 is 0 Å². The molecule has 1 atom stereocenters. The molecule has 1 N–H and O–H groups in total. The Morgan fingerprint density at radius 3 is 2.61 bits per heavy atom. The van der Waals surface area contributed by atoms with E-state index in [2.05, 4.69) is 52.5 Å². The summed E-state index contributed by atoms with van der Waals surface area (Å²) in [5.74, 6) is 0.835. The smallest absolute Gasteiger partial charge is 0.149 e. The van der Waals surface area contributed by atoms with Gasteiger partial charge in [0.15, 0.2) is 0 Å². The van der Waals surface area contributed by atoms with Crippen LogP contribution in [0.3, 0.4) is 0 Å². The zero-order chi connectivity index (χ0) is 16.1. The maximum absolute atomic E-state index is 5.40. The predicted molar refractivity (Wildman–Crippen MR) is 92.5 cm³/mol. The van der Waals surface area contributed by atoms with Gasteiger partial charge in [-0.25, -0.2) is 0 Å². The van der Waals surface area contributed by atoms with E-state index in [1.807, 2.05) is 18.2 Å². The molecule has 0 aliphatic carbocycles. The van der Waals surface area contributed by atoms with Crippen molar-refractivity contribution in [1.29, 1.82) is 0 Å². The van der Waals surface area contributed by atoms with Gasteiger partial charge in [0.2, 0.25) is 0 Å². The first-order valence-electron chi connectivity index (χ1n) is 8.19. The van der Waals surface area contributed by atoms with Crippen LogP contribution >= 0.6 is 0 Å². The molecular formula is C18H24N4O. The number of anilines is 1. The molecule has 1 saturated heterocycles. The lowest BCUT2D eigenvalue weighted by molar-refractivity contribution is 0.0227. The van der Waals surface area contributed by atoms with E-state index in [-0.39, 0.29) is 0 Å². The second kappa shape index (κ2) is 7.53. The standard InChI is InChI=1S/C18H24N4O/c1-14-12-17(19-13-15(2)22-8-10-23-11-9-22)20-21-18(14)16-6-4-3-5-7-16/h3-7,12,15H,8-11,13H2,1-2H3,(H,19,20). The molecule has 23 heavy (non-hydrogen) atoms. The minimum absolute atomic E-state index is 0.454. The lowest BCUT2D eigenvalue weighted by Crippen LogP contribution is -2.45. The van der Waals surface area contributed by atoms with Crippen LogP contribution in [0, 0.1) is 6.92 Å². The lowest BCUT2D eigenvalue weighted by atomic mass is 10.1. The summed E-state index contributed by atoms with van der Waals surface area (Å²) in [6, 6.07) is 12.7. The Balaban J connectivity index is 1.62. The van der Waals surface area contributed by atoms with E-state index in [0.29, 0.717) is 6.04 Å². The van der Waals surface area contributed by atoms with Crippen LogP contribution in [-0.4, -0.2) is 54.0 Å². The van der Waals surface area contributed by atoms with Crippen LogP contribution in [-0.2, 0) is 4.74 Å². The molecule has 0 amide bonds. The fourth-order valence-electron chi connectivity index (χ4n) is 2.85. The molecule has 0 saturated carbocycles. The Labute approximate surface area is 137 Å². The summed E-state index contributed by atoms with van der Waals surface area (Å²) in [4.78, 5) is 2.44. The number of hydrogen-bond donors (Lipinski definition) is 1. The minimum Gasteiger partial charge on any atom is -0.379 e. The largest absolute Gasteiger partial charge is 0.379 e. The van der Waals surface area contributed by atoms with Crippen LogP contribution in [0.1, 0.15) is 12.5 Å². The highest BCUT2D eigenvalue weighted by Crippen LogP contribution is 2.21. The average Bonchev–Trinajstić information content (AvgIpc) is 2.61. The molecular weight excluding hydrogens is 288 g/mol. The van der Waals surface area contributed by atoms with Crippen molar-refractivity contribution >= 4 is 5.82 Å². The van der Waals surface area contributed by atoms with Gasteiger partial charge in [-0.15, -0.1) is 10.2 Å². The van der Waals surface area contributed by atoms with E-state index in [4.69, 9.17) is 4.74 Å². The Hall–Kier alpha value is -1.98. The van der Waals surface area contributed by atoms with E-state index < -0.39 is 0 Å². The summed E-state index contributed by atoms with van der Waals surface area (Å²) in [6.07, 6.45) is 0. The molecule has 0 spiro atoms. The number of ether oxygens (including phenoxy) is 1. The van der Waals surface area contributed by atoms with Gasteiger partial charge in [-0.05, 0) is 25.5 Å². The summed E-state index contributed by atoms with van der Waals surface area (Å²) < 4.78 is 5.40. The zero-order valence-corrected chi connectivity index (χ0v) is 13.8. The summed E-state index contributed by atoms with van der Waals surface area (Å²) >= 11 is 0. The summed E-state index contributed by atoms with van der Waals surface area (Å²) in [6.45, 7) is 8.83. The number of aryl methyl sites for hydroxylation is 1. The third-order valence-corrected chi connectivity index (χ3v) is 4.28. The number of hydrogen-bond acceptors (Lipinski definition) is 5. The molecule has 3 rings (SSSR count). The van der Waals surface area contributed by atoms with Crippen molar-refractivity contribution in [1.82, 2.24) is 15.1 Å². The number of nitrogens with one attached hydrogen (secondary N) is 1. The highest BCUT2D eigenvalue weighted by molar-refractivity contribution is 5.63. The van der Waals surface area contributed by atoms with E-state index >= 15 is 0 Å². The fourth-order valence-corrected chi connectivity index (χ4v) is 2.85. The van der Waals surface area contributed by atoms with E-state index in [9.17, 15) is 0 Å². The van der Waals surface area contributed by atoms with Crippen molar-refractivity contribution < 1.29 is 4.74 Å². The lowest BCUT2D eigenvalue weighted by Gasteiger charge is -2.32. The fraction of sp³-hybridized carbons (Fsp3) is 0.444. The van der Waals surface area contributed by atoms with Crippen molar-refractivity contribution in [2.24, 2.45) is 0 Å². The molecule has 2 aromatic rings. The van der Waals surface area contributed by atoms with Crippen LogP contribution in [0.4, 0.5) is 5.82 Å². The highest BCUT2D eigenvalue weighted by Gasteiger charge is 2.17. The van der Waals surface area contributed by atoms with E-state index in [0.717, 1.165) is 55.5 Å². The van der Waals surface area contributed by atoms with Gasteiger partial charge in [-0.3, -0.25) is 4.90 Å². The second-order valence-corrected chi connectivity index (χ2v) is 6.01. The van der Waals surface area contributed by atoms with Crippen molar-refractivity contribution in [2.75, 3.05) is 38.2 Å². The summed E-state index contributed by atoms with van der Waals surface area (Å²) in [5.41, 5.74) is 3.18. The summed E-state index contributed by atoms with van der Waals surface area (Å²) in [7, 11) is 0. The number of rotatable bonds is 5. The topological polar surface area (TPSA) is 50.3 Å². The van der Waals surface area contributed by atoms with Crippen LogP contribution in [0.5, 0.6) is 0 Å². The zero-order valence-electron chi connectivity index (χ0n) is 13.8. The summed E-state index contributed by atoms with van der Waals surface area (Å²) in [5, 5.41) is 12.1. The Kier molecular flexibility index (Phi) is 5.20. The number of nitrogens with zero attached hydrogens (tertiary/aromatic N) is 3. The second-order valence-electron chi connectivity index (χ2n) is 6.01. The Morgan fingerprint density at radius 2 is 1.91 bits per heavy atom. The van der Waals surface area contributed by atoms with Gasteiger partial charge in [-0.1, -0.05) is 30.3 Å². The first kappa shape index (κ1) is 15.9. The molecule has 0 radical (unpaired) electrons. The van der Waals surface area contributed by atoms with Gasteiger partial charge in [0.05, 0.1) is 18.9 Å². The molecule has 122 valence electrons. The SMILES string of the molecule is Cc1cc(NCC(C)N2CCOCC2)nnc1-c1ccccc1. The molecule has 2 heterocycles. The van der Waals surface area contributed by atoms with Gasteiger partial charge in [0.25, 0.3) is 0 Å². The van der Waals surface area contributed by atoms with Crippen LogP contribution in [0.25, 0.3) is 11.3 Å². The number of benzene rings is 1. The van der Waals surface area contributed by atoms with E-state index in [1.54, 1.807) is 0 Å².